The van der Waals surface area contributed by atoms with E-state index < -0.39 is 11.9 Å². The van der Waals surface area contributed by atoms with Gasteiger partial charge in [0.2, 0.25) is 0 Å². The second-order valence-corrected chi connectivity index (χ2v) is 3.65. The second kappa shape index (κ2) is 5.50. The van der Waals surface area contributed by atoms with Crippen molar-refractivity contribution in [3.8, 4) is 5.75 Å². The predicted octanol–water partition coefficient (Wildman–Crippen LogP) is 1.86. The molecular weight excluding hydrogens is 280 g/mol. The molecule has 1 rings (SSSR count). The summed E-state index contributed by atoms with van der Waals surface area (Å²) < 4.78 is 5.16. The third-order valence-corrected chi connectivity index (χ3v) is 2.12. The number of hydrogen-bond acceptors (Lipinski definition) is 3. The Morgan fingerprint density at radius 1 is 1.25 bits per heavy atom. The maximum Gasteiger partial charge on any atom is 0.339 e. The van der Waals surface area contributed by atoms with Crippen LogP contribution in [0.3, 0.4) is 0 Å². The van der Waals surface area contributed by atoms with E-state index in [9.17, 15) is 9.59 Å². The van der Waals surface area contributed by atoms with Crippen LogP contribution in [0.2, 0.25) is 0 Å². The van der Waals surface area contributed by atoms with Gasteiger partial charge >= 0.3 is 11.9 Å². The molecule has 1 aromatic carbocycles. The van der Waals surface area contributed by atoms with Gasteiger partial charge in [-0.15, -0.1) is 0 Å². The molecule has 0 unspecified atom stereocenters. The van der Waals surface area contributed by atoms with Gasteiger partial charge in [-0.1, -0.05) is 15.9 Å². The fourth-order valence-electron chi connectivity index (χ4n) is 1.10. The first-order valence-corrected chi connectivity index (χ1v) is 5.48. The van der Waals surface area contributed by atoms with Gasteiger partial charge in [0.05, 0.1) is 12.2 Å². The van der Waals surface area contributed by atoms with Crippen molar-refractivity contribution in [1.82, 2.24) is 0 Å². The summed E-state index contributed by atoms with van der Waals surface area (Å²) in [7, 11) is 0. The van der Waals surface area contributed by atoms with Gasteiger partial charge in [0.1, 0.15) is 11.3 Å². The molecule has 0 heterocycles. The summed E-state index contributed by atoms with van der Waals surface area (Å²) >= 11 is 3.14. The molecule has 1 aromatic rings. The molecule has 86 valence electrons. The number of ether oxygens (including phenoxy) is 1. The van der Waals surface area contributed by atoms with Crippen molar-refractivity contribution in [2.45, 2.75) is 0 Å². The number of rotatable bonds is 5. The van der Waals surface area contributed by atoms with Gasteiger partial charge in [-0.05, 0) is 18.2 Å². The Morgan fingerprint density at radius 2 is 1.94 bits per heavy atom. The Balaban J connectivity index is 3.09. The van der Waals surface area contributed by atoms with Gasteiger partial charge in [0, 0.05) is 5.33 Å². The number of alkyl halides is 1. The van der Waals surface area contributed by atoms with Crippen molar-refractivity contribution in [1.29, 1.82) is 0 Å². The summed E-state index contributed by atoms with van der Waals surface area (Å²) in [6, 6.07) is 3.72. The first-order chi connectivity index (χ1) is 7.56. The smallest absolute Gasteiger partial charge is 0.339 e. The fourth-order valence-corrected chi connectivity index (χ4v) is 1.27. The van der Waals surface area contributed by atoms with Gasteiger partial charge in [-0.3, -0.25) is 0 Å². The lowest BCUT2D eigenvalue weighted by Crippen LogP contribution is -2.07. The largest absolute Gasteiger partial charge is 0.492 e. The normalized spacial score (nSPS) is 9.81. The van der Waals surface area contributed by atoms with Crippen LogP contribution in [0.5, 0.6) is 5.75 Å². The van der Waals surface area contributed by atoms with E-state index in [1.165, 1.54) is 12.1 Å². The number of carbonyl (C=O) groups is 2. The van der Waals surface area contributed by atoms with E-state index in [-0.39, 0.29) is 16.9 Å². The Morgan fingerprint density at radius 3 is 2.44 bits per heavy atom. The maximum atomic E-state index is 10.9. The Labute approximate surface area is 99.8 Å². The van der Waals surface area contributed by atoms with Crippen LogP contribution in [0, 0.1) is 0 Å². The number of carboxylic acid groups (broad SMARTS) is 2. The molecule has 0 bridgehead atoms. The lowest BCUT2D eigenvalue weighted by molar-refractivity contribution is 0.0692. The minimum absolute atomic E-state index is 0.0800. The average molecular weight is 289 g/mol. The van der Waals surface area contributed by atoms with Crippen LogP contribution in [0.15, 0.2) is 18.2 Å². The highest BCUT2D eigenvalue weighted by atomic mass is 79.9. The lowest BCUT2D eigenvalue weighted by Gasteiger charge is -2.08. The number of benzene rings is 1. The number of halogens is 1. The summed E-state index contributed by atoms with van der Waals surface area (Å²) in [4.78, 5) is 21.5. The molecule has 16 heavy (non-hydrogen) atoms. The highest BCUT2D eigenvalue weighted by Crippen LogP contribution is 2.20. The molecule has 0 aliphatic carbocycles. The first kappa shape index (κ1) is 12.5. The highest BCUT2D eigenvalue weighted by Gasteiger charge is 2.14. The minimum Gasteiger partial charge on any atom is -0.492 e. The first-order valence-electron chi connectivity index (χ1n) is 4.35. The second-order valence-electron chi connectivity index (χ2n) is 2.86. The van der Waals surface area contributed by atoms with E-state index in [0.717, 1.165) is 6.07 Å². The van der Waals surface area contributed by atoms with Crippen LogP contribution in [0.25, 0.3) is 0 Å². The maximum absolute atomic E-state index is 10.9. The van der Waals surface area contributed by atoms with E-state index in [2.05, 4.69) is 15.9 Å². The fraction of sp³-hybridized carbons (Fsp3) is 0.200. The highest BCUT2D eigenvalue weighted by molar-refractivity contribution is 9.09. The molecule has 0 spiro atoms. The summed E-state index contributed by atoms with van der Waals surface area (Å²) in [5.41, 5.74) is -0.232. The SMILES string of the molecule is O=C(O)c1ccc(OCCBr)c(C(=O)O)c1. The quantitative estimate of drug-likeness (QED) is 0.808. The molecule has 0 aromatic heterocycles. The molecule has 5 nitrogen and oxygen atoms in total. The summed E-state index contributed by atoms with van der Waals surface area (Å²) in [6.45, 7) is 0.312. The Bertz CT molecular complexity index is 416. The summed E-state index contributed by atoms with van der Waals surface area (Å²) in [6.07, 6.45) is 0. The van der Waals surface area contributed by atoms with E-state index >= 15 is 0 Å². The summed E-state index contributed by atoms with van der Waals surface area (Å²) in [5, 5.41) is 18.2. The van der Waals surface area contributed by atoms with Crippen LogP contribution in [0.1, 0.15) is 20.7 Å². The Hall–Kier alpha value is -1.56. The van der Waals surface area contributed by atoms with Crippen molar-refractivity contribution in [2.75, 3.05) is 11.9 Å². The molecule has 0 aliphatic heterocycles. The third kappa shape index (κ3) is 2.96. The van der Waals surface area contributed by atoms with E-state index in [1.54, 1.807) is 0 Å². The van der Waals surface area contributed by atoms with Gasteiger partial charge in [-0.2, -0.15) is 0 Å². The van der Waals surface area contributed by atoms with Crippen molar-refractivity contribution < 1.29 is 24.5 Å². The molecule has 6 heteroatoms. The van der Waals surface area contributed by atoms with Crippen molar-refractivity contribution in [2.24, 2.45) is 0 Å². The van der Waals surface area contributed by atoms with Crippen molar-refractivity contribution >= 4 is 27.9 Å². The molecule has 0 atom stereocenters. The minimum atomic E-state index is -1.22. The zero-order valence-electron chi connectivity index (χ0n) is 8.14. The van der Waals surface area contributed by atoms with Crippen LogP contribution in [-0.2, 0) is 0 Å². The monoisotopic (exact) mass is 288 g/mol. The molecule has 0 radical (unpaired) electrons. The number of carboxylic acids is 2. The topological polar surface area (TPSA) is 83.8 Å². The van der Waals surface area contributed by atoms with E-state index in [4.69, 9.17) is 14.9 Å². The van der Waals surface area contributed by atoms with Gasteiger partial charge in [0.15, 0.2) is 0 Å². The van der Waals surface area contributed by atoms with Crippen LogP contribution < -0.4 is 4.74 Å². The third-order valence-electron chi connectivity index (χ3n) is 1.79. The summed E-state index contributed by atoms with van der Waals surface area (Å²) in [5.74, 6) is -2.22. The zero-order valence-corrected chi connectivity index (χ0v) is 9.73. The van der Waals surface area contributed by atoms with Gasteiger partial charge < -0.3 is 14.9 Å². The van der Waals surface area contributed by atoms with Crippen LogP contribution in [0.4, 0.5) is 0 Å². The zero-order chi connectivity index (χ0) is 12.1. The van der Waals surface area contributed by atoms with Crippen LogP contribution in [-0.4, -0.2) is 34.1 Å². The van der Waals surface area contributed by atoms with Crippen LogP contribution >= 0.6 is 15.9 Å². The number of hydrogen-bond donors (Lipinski definition) is 2. The average Bonchev–Trinajstić information content (AvgIpc) is 2.25. The van der Waals surface area contributed by atoms with Crippen molar-refractivity contribution in [3.05, 3.63) is 29.3 Å². The molecule has 0 fully saturated rings. The number of aromatic carboxylic acids is 2. The van der Waals surface area contributed by atoms with E-state index in [1.807, 2.05) is 0 Å². The molecule has 0 amide bonds. The molecular formula is C10H9BrO5. The van der Waals surface area contributed by atoms with Gasteiger partial charge in [-0.25, -0.2) is 9.59 Å². The standard InChI is InChI=1S/C10H9BrO5/c11-3-4-16-8-2-1-6(9(12)13)5-7(8)10(14)15/h1-2,5H,3-4H2,(H,12,13)(H,14,15). The molecule has 0 saturated heterocycles. The molecule has 0 saturated carbocycles. The molecule has 0 aliphatic rings. The predicted molar refractivity (Wildman–Crippen MR) is 59.6 cm³/mol. The Kier molecular flexibility index (Phi) is 4.30. The lowest BCUT2D eigenvalue weighted by atomic mass is 10.1. The van der Waals surface area contributed by atoms with Crippen molar-refractivity contribution in [3.63, 3.8) is 0 Å². The van der Waals surface area contributed by atoms with E-state index in [0.29, 0.717) is 11.9 Å². The van der Waals surface area contributed by atoms with Gasteiger partial charge in [0.25, 0.3) is 0 Å². The molecule has 2 N–H and O–H groups in total.